The smallest absolute Gasteiger partial charge is 0.262 e. The van der Waals surface area contributed by atoms with Crippen LogP contribution in [0.2, 0.25) is 10.0 Å². The predicted molar refractivity (Wildman–Crippen MR) is 93.8 cm³/mol. The Balaban J connectivity index is 2.07. The monoisotopic (exact) mass is 366 g/mol. The van der Waals surface area contributed by atoms with Crippen LogP contribution < -0.4 is 4.72 Å². The van der Waals surface area contributed by atoms with E-state index in [1.54, 1.807) is 12.1 Å². The van der Waals surface area contributed by atoms with Gasteiger partial charge in [0.1, 0.15) is 0 Å². The Kier molecular flexibility index (Phi) is 4.19. The molecule has 1 aromatic heterocycles. The molecule has 0 saturated heterocycles. The molecule has 0 amide bonds. The number of nitrogens with zero attached hydrogens (tertiary/aromatic N) is 1. The van der Waals surface area contributed by atoms with Crippen molar-refractivity contribution in [2.24, 2.45) is 0 Å². The van der Waals surface area contributed by atoms with Crippen LogP contribution in [0.3, 0.4) is 0 Å². The molecule has 0 aliphatic rings. The Labute approximate surface area is 144 Å². The SMILES string of the molecule is Cc1ccc2cccc(NS(=O)(=O)c3ccc(Cl)c(Cl)c3)c2n1. The fourth-order valence-electron chi connectivity index (χ4n) is 2.17. The number of aryl methyl sites for hydroxylation is 1. The van der Waals surface area contributed by atoms with Crippen LogP contribution in [0, 0.1) is 6.92 Å². The fraction of sp³-hybridized carbons (Fsp3) is 0.0625. The molecule has 0 unspecified atom stereocenters. The van der Waals surface area contributed by atoms with Crippen LogP contribution in [0.4, 0.5) is 5.69 Å². The maximum absolute atomic E-state index is 12.6. The second-order valence-corrected chi connectivity index (χ2v) is 7.51. The number of sulfonamides is 1. The number of benzene rings is 2. The van der Waals surface area contributed by atoms with Crippen molar-refractivity contribution in [3.63, 3.8) is 0 Å². The minimum atomic E-state index is -3.79. The Bertz CT molecular complexity index is 1000. The van der Waals surface area contributed by atoms with Crippen molar-refractivity contribution in [2.45, 2.75) is 11.8 Å². The Morgan fingerprint density at radius 3 is 2.52 bits per heavy atom. The standard InChI is InChI=1S/C16H12Cl2N2O2S/c1-10-5-6-11-3-2-4-15(16(11)19-10)20-23(21,22)12-7-8-13(17)14(18)9-12/h2-9,20H,1H3. The summed E-state index contributed by atoms with van der Waals surface area (Å²) in [7, 11) is -3.79. The molecule has 0 aliphatic carbocycles. The van der Waals surface area contributed by atoms with Crippen LogP contribution in [0.5, 0.6) is 0 Å². The van der Waals surface area contributed by atoms with E-state index in [1.165, 1.54) is 18.2 Å². The van der Waals surface area contributed by atoms with Gasteiger partial charge in [-0.2, -0.15) is 0 Å². The first-order chi connectivity index (χ1) is 10.9. The highest BCUT2D eigenvalue weighted by atomic mass is 35.5. The van der Waals surface area contributed by atoms with Gasteiger partial charge in [-0.1, -0.05) is 41.4 Å². The summed E-state index contributed by atoms with van der Waals surface area (Å²) in [5, 5.41) is 1.33. The average Bonchev–Trinajstić information content (AvgIpc) is 2.50. The van der Waals surface area contributed by atoms with Gasteiger partial charge in [-0.05, 0) is 37.3 Å². The number of pyridine rings is 1. The first-order valence-electron chi connectivity index (χ1n) is 6.71. The first kappa shape index (κ1) is 16.1. The van der Waals surface area contributed by atoms with E-state index in [0.717, 1.165) is 11.1 Å². The van der Waals surface area contributed by atoms with E-state index >= 15 is 0 Å². The van der Waals surface area contributed by atoms with Crippen LogP contribution in [0.25, 0.3) is 10.9 Å². The second kappa shape index (κ2) is 6.00. The van der Waals surface area contributed by atoms with Gasteiger partial charge >= 0.3 is 0 Å². The van der Waals surface area contributed by atoms with Gasteiger partial charge in [0.05, 0.1) is 26.1 Å². The van der Waals surface area contributed by atoms with E-state index in [-0.39, 0.29) is 9.92 Å². The third-order valence-corrected chi connectivity index (χ3v) is 5.41. The number of hydrogen-bond acceptors (Lipinski definition) is 3. The molecule has 4 nitrogen and oxygen atoms in total. The van der Waals surface area contributed by atoms with Crippen molar-refractivity contribution in [3.8, 4) is 0 Å². The Morgan fingerprint density at radius 1 is 1.00 bits per heavy atom. The summed E-state index contributed by atoms with van der Waals surface area (Å²) in [6, 6.07) is 13.3. The van der Waals surface area contributed by atoms with Gasteiger partial charge in [0.15, 0.2) is 0 Å². The molecule has 3 rings (SSSR count). The summed E-state index contributed by atoms with van der Waals surface area (Å²) in [6.45, 7) is 1.85. The van der Waals surface area contributed by atoms with Gasteiger partial charge in [0.2, 0.25) is 0 Å². The highest BCUT2D eigenvalue weighted by molar-refractivity contribution is 7.92. The number of fused-ring (bicyclic) bond motifs is 1. The minimum absolute atomic E-state index is 0.0385. The van der Waals surface area contributed by atoms with Gasteiger partial charge in [0.25, 0.3) is 10.0 Å². The van der Waals surface area contributed by atoms with Crippen LogP contribution in [0.15, 0.2) is 53.4 Å². The fourth-order valence-corrected chi connectivity index (χ4v) is 3.63. The van der Waals surface area contributed by atoms with Gasteiger partial charge in [-0.3, -0.25) is 9.71 Å². The van der Waals surface area contributed by atoms with E-state index in [0.29, 0.717) is 16.2 Å². The second-order valence-electron chi connectivity index (χ2n) is 5.01. The molecule has 0 atom stereocenters. The van der Waals surface area contributed by atoms with Crippen molar-refractivity contribution in [3.05, 3.63) is 64.3 Å². The molecule has 0 saturated carbocycles. The molecule has 0 bridgehead atoms. The van der Waals surface area contributed by atoms with Gasteiger partial charge in [-0.25, -0.2) is 8.42 Å². The molecule has 23 heavy (non-hydrogen) atoms. The molecule has 0 aliphatic heterocycles. The third-order valence-electron chi connectivity index (χ3n) is 3.31. The van der Waals surface area contributed by atoms with E-state index in [9.17, 15) is 8.42 Å². The number of rotatable bonds is 3. The van der Waals surface area contributed by atoms with Crippen molar-refractivity contribution in [2.75, 3.05) is 4.72 Å². The van der Waals surface area contributed by atoms with Gasteiger partial charge in [-0.15, -0.1) is 0 Å². The van der Waals surface area contributed by atoms with Gasteiger partial charge in [0, 0.05) is 11.1 Å². The molecule has 7 heteroatoms. The molecule has 118 valence electrons. The topological polar surface area (TPSA) is 59.1 Å². The quantitative estimate of drug-likeness (QED) is 0.733. The number of nitrogens with one attached hydrogen (secondary N) is 1. The van der Waals surface area contributed by atoms with Crippen molar-refractivity contribution >= 4 is 49.8 Å². The lowest BCUT2D eigenvalue weighted by Gasteiger charge is -2.11. The highest BCUT2D eigenvalue weighted by Crippen LogP contribution is 2.28. The van der Waals surface area contributed by atoms with Crippen LogP contribution >= 0.6 is 23.2 Å². The van der Waals surface area contributed by atoms with E-state index < -0.39 is 10.0 Å². The lowest BCUT2D eigenvalue weighted by atomic mass is 10.2. The number of halogens is 2. The van der Waals surface area contributed by atoms with Crippen molar-refractivity contribution in [1.29, 1.82) is 0 Å². The molecule has 0 fully saturated rings. The summed E-state index contributed by atoms with van der Waals surface area (Å²) in [5.41, 5.74) is 1.81. The van der Waals surface area contributed by atoms with E-state index in [2.05, 4.69) is 9.71 Å². The Morgan fingerprint density at radius 2 is 1.78 bits per heavy atom. The molecule has 1 heterocycles. The molecule has 3 aromatic rings. The molecule has 0 spiro atoms. The highest BCUT2D eigenvalue weighted by Gasteiger charge is 2.17. The maximum Gasteiger partial charge on any atom is 0.262 e. The largest absolute Gasteiger partial charge is 0.277 e. The zero-order valence-corrected chi connectivity index (χ0v) is 14.4. The third kappa shape index (κ3) is 3.27. The van der Waals surface area contributed by atoms with Crippen molar-refractivity contribution < 1.29 is 8.42 Å². The molecule has 0 radical (unpaired) electrons. The minimum Gasteiger partial charge on any atom is -0.277 e. The lowest BCUT2D eigenvalue weighted by Crippen LogP contribution is -2.13. The molecular weight excluding hydrogens is 355 g/mol. The van der Waals surface area contributed by atoms with Crippen molar-refractivity contribution in [1.82, 2.24) is 4.98 Å². The summed E-state index contributed by atoms with van der Waals surface area (Å²) < 4.78 is 27.7. The number of para-hydroxylation sites is 1. The van der Waals surface area contributed by atoms with Crippen LogP contribution in [0.1, 0.15) is 5.69 Å². The van der Waals surface area contributed by atoms with E-state index in [1.807, 2.05) is 25.1 Å². The number of aromatic nitrogens is 1. The molecular formula is C16H12Cl2N2O2S. The summed E-state index contributed by atoms with van der Waals surface area (Å²) in [5.74, 6) is 0. The zero-order valence-electron chi connectivity index (χ0n) is 12.0. The van der Waals surface area contributed by atoms with Gasteiger partial charge < -0.3 is 0 Å². The number of hydrogen-bond donors (Lipinski definition) is 1. The zero-order chi connectivity index (χ0) is 16.6. The Hall–Kier alpha value is -1.82. The van der Waals surface area contributed by atoms with E-state index in [4.69, 9.17) is 23.2 Å². The maximum atomic E-state index is 12.6. The summed E-state index contributed by atoms with van der Waals surface area (Å²) in [4.78, 5) is 4.45. The summed E-state index contributed by atoms with van der Waals surface area (Å²) in [6.07, 6.45) is 0. The first-order valence-corrected chi connectivity index (χ1v) is 8.95. The predicted octanol–water partition coefficient (Wildman–Crippen LogP) is 4.65. The van der Waals surface area contributed by atoms with Crippen LogP contribution in [-0.2, 0) is 10.0 Å². The average molecular weight is 367 g/mol. The normalized spacial score (nSPS) is 11.6. The summed E-state index contributed by atoms with van der Waals surface area (Å²) >= 11 is 11.7. The molecule has 2 aromatic carbocycles. The molecule has 1 N–H and O–H groups in total. The lowest BCUT2D eigenvalue weighted by molar-refractivity contribution is 0.601. The number of anilines is 1. The van der Waals surface area contributed by atoms with Crippen LogP contribution in [-0.4, -0.2) is 13.4 Å².